The molecule has 1 aliphatic rings. The zero-order valence-electron chi connectivity index (χ0n) is 14.2. The summed E-state index contributed by atoms with van der Waals surface area (Å²) in [5.74, 6) is 0.310. The average Bonchev–Trinajstić information content (AvgIpc) is 2.60. The second-order valence-corrected chi connectivity index (χ2v) is 6.53. The molecule has 126 valence electrons. The molecule has 1 saturated carbocycles. The molecule has 23 heavy (non-hydrogen) atoms. The fourth-order valence-corrected chi connectivity index (χ4v) is 2.88. The van der Waals surface area contributed by atoms with E-state index in [1.54, 1.807) is 0 Å². The van der Waals surface area contributed by atoms with E-state index in [0.29, 0.717) is 12.1 Å². The zero-order chi connectivity index (χ0) is 16.7. The van der Waals surface area contributed by atoms with Gasteiger partial charge >= 0.3 is 0 Å². The highest BCUT2D eigenvalue weighted by molar-refractivity contribution is 5.94. The summed E-state index contributed by atoms with van der Waals surface area (Å²) in [6.45, 7) is 4.57. The molecular formula is C19H28N2O2. The number of carbonyl (C=O) groups excluding carboxylic acids is 2. The molecule has 1 fully saturated rings. The maximum Gasteiger partial charge on any atom is 0.251 e. The molecule has 1 atom stereocenters. The smallest absolute Gasteiger partial charge is 0.251 e. The van der Waals surface area contributed by atoms with Gasteiger partial charge in [0.2, 0.25) is 5.91 Å². The Kier molecular flexibility index (Phi) is 6.63. The van der Waals surface area contributed by atoms with Crippen LogP contribution in [0.3, 0.4) is 0 Å². The molecule has 4 heteroatoms. The van der Waals surface area contributed by atoms with E-state index >= 15 is 0 Å². The van der Waals surface area contributed by atoms with Crippen LogP contribution >= 0.6 is 0 Å². The number of hydrogen-bond acceptors (Lipinski definition) is 2. The van der Waals surface area contributed by atoms with Crippen LogP contribution in [0.1, 0.15) is 68.3 Å². The molecule has 0 unspecified atom stereocenters. The first-order chi connectivity index (χ1) is 11.1. The van der Waals surface area contributed by atoms with Gasteiger partial charge in [-0.15, -0.1) is 0 Å². The number of hydrogen-bond donors (Lipinski definition) is 2. The molecule has 0 heterocycles. The summed E-state index contributed by atoms with van der Waals surface area (Å²) >= 11 is 0. The van der Waals surface area contributed by atoms with Gasteiger partial charge in [0.05, 0.1) is 0 Å². The first kappa shape index (κ1) is 17.5. The van der Waals surface area contributed by atoms with E-state index in [2.05, 4.69) is 10.6 Å². The number of rotatable bonds is 6. The SMILES string of the molecule is CC[C@@H](C)NC(=O)c1ccc(CNC(=O)C2CCCCC2)cc1. The third kappa shape index (κ3) is 5.38. The fourth-order valence-electron chi connectivity index (χ4n) is 2.88. The van der Waals surface area contributed by atoms with Crippen LogP contribution in [0.5, 0.6) is 0 Å². The zero-order valence-corrected chi connectivity index (χ0v) is 14.2. The maximum absolute atomic E-state index is 12.1. The molecule has 0 aliphatic heterocycles. The van der Waals surface area contributed by atoms with Crippen LogP contribution in [0.2, 0.25) is 0 Å². The largest absolute Gasteiger partial charge is 0.352 e. The Morgan fingerprint density at radius 3 is 2.39 bits per heavy atom. The topological polar surface area (TPSA) is 58.2 Å². The third-order valence-corrected chi connectivity index (χ3v) is 4.65. The van der Waals surface area contributed by atoms with Crippen LogP contribution in [0, 0.1) is 5.92 Å². The van der Waals surface area contributed by atoms with Gasteiger partial charge in [-0.2, -0.15) is 0 Å². The van der Waals surface area contributed by atoms with Crippen molar-refractivity contribution in [2.75, 3.05) is 0 Å². The predicted molar refractivity (Wildman–Crippen MR) is 92.1 cm³/mol. The second-order valence-electron chi connectivity index (χ2n) is 6.53. The summed E-state index contributed by atoms with van der Waals surface area (Å²) in [4.78, 5) is 24.1. The lowest BCUT2D eigenvalue weighted by Crippen LogP contribution is -2.32. The van der Waals surface area contributed by atoms with E-state index < -0.39 is 0 Å². The lowest BCUT2D eigenvalue weighted by Gasteiger charge is -2.20. The molecule has 2 amide bonds. The standard InChI is InChI=1S/C19H28N2O2/c1-3-14(2)21-19(23)17-11-9-15(10-12-17)13-20-18(22)16-7-5-4-6-8-16/h9-12,14,16H,3-8,13H2,1-2H3,(H,20,22)(H,21,23)/t14-/m1/s1. The number of amides is 2. The Balaban J connectivity index is 1.82. The minimum atomic E-state index is -0.0443. The monoisotopic (exact) mass is 316 g/mol. The second kappa shape index (κ2) is 8.70. The van der Waals surface area contributed by atoms with Crippen molar-refractivity contribution in [2.24, 2.45) is 5.92 Å². The highest BCUT2D eigenvalue weighted by Crippen LogP contribution is 2.23. The lowest BCUT2D eigenvalue weighted by atomic mass is 9.88. The number of benzene rings is 1. The number of carbonyl (C=O) groups is 2. The lowest BCUT2D eigenvalue weighted by molar-refractivity contribution is -0.126. The first-order valence-corrected chi connectivity index (χ1v) is 8.77. The normalized spacial score (nSPS) is 16.6. The molecule has 0 aromatic heterocycles. The van der Waals surface area contributed by atoms with Crippen molar-refractivity contribution in [3.8, 4) is 0 Å². The summed E-state index contributed by atoms with van der Waals surface area (Å²) < 4.78 is 0. The molecule has 0 bridgehead atoms. The molecule has 4 nitrogen and oxygen atoms in total. The van der Waals surface area contributed by atoms with Crippen LogP contribution in [0.25, 0.3) is 0 Å². The van der Waals surface area contributed by atoms with Gasteiger partial charge in [0, 0.05) is 24.1 Å². The Morgan fingerprint density at radius 2 is 1.78 bits per heavy atom. The van der Waals surface area contributed by atoms with Gasteiger partial charge in [0.1, 0.15) is 0 Å². The van der Waals surface area contributed by atoms with Gasteiger partial charge in [0.15, 0.2) is 0 Å². The van der Waals surface area contributed by atoms with Crippen LogP contribution in [0.15, 0.2) is 24.3 Å². The molecular weight excluding hydrogens is 288 g/mol. The van der Waals surface area contributed by atoms with Gasteiger partial charge in [-0.25, -0.2) is 0 Å². The van der Waals surface area contributed by atoms with E-state index in [9.17, 15) is 9.59 Å². The van der Waals surface area contributed by atoms with Gasteiger partial charge in [0.25, 0.3) is 5.91 Å². The Morgan fingerprint density at radius 1 is 1.13 bits per heavy atom. The van der Waals surface area contributed by atoms with Crippen molar-refractivity contribution in [2.45, 2.75) is 65.0 Å². The van der Waals surface area contributed by atoms with E-state index in [-0.39, 0.29) is 23.8 Å². The quantitative estimate of drug-likeness (QED) is 0.845. The summed E-state index contributed by atoms with van der Waals surface area (Å²) in [6, 6.07) is 7.64. The minimum absolute atomic E-state index is 0.0443. The number of nitrogens with one attached hydrogen (secondary N) is 2. The van der Waals surface area contributed by atoms with E-state index in [1.807, 2.05) is 38.1 Å². The van der Waals surface area contributed by atoms with Crippen molar-refractivity contribution in [3.63, 3.8) is 0 Å². The highest BCUT2D eigenvalue weighted by Gasteiger charge is 2.20. The summed E-state index contributed by atoms with van der Waals surface area (Å²) in [7, 11) is 0. The third-order valence-electron chi connectivity index (χ3n) is 4.65. The molecule has 2 N–H and O–H groups in total. The van der Waals surface area contributed by atoms with Crippen LogP contribution in [-0.2, 0) is 11.3 Å². The Bertz CT molecular complexity index is 519. The molecule has 1 aromatic carbocycles. The van der Waals surface area contributed by atoms with Crippen molar-refractivity contribution >= 4 is 11.8 Å². The van der Waals surface area contributed by atoms with Gasteiger partial charge in [-0.05, 0) is 43.9 Å². The highest BCUT2D eigenvalue weighted by atomic mass is 16.2. The van der Waals surface area contributed by atoms with Crippen LogP contribution < -0.4 is 10.6 Å². The maximum atomic E-state index is 12.1. The molecule has 0 saturated heterocycles. The first-order valence-electron chi connectivity index (χ1n) is 8.77. The van der Waals surface area contributed by atoms with Gasteiger partial charge in [-0.1, -0.05) is 38.3 Å². The van der Waals surface area contributed by atoms with Crippen molar-refractivity contribution in [1.82, 2.24) is 10.6 Å². The van der Waals surface area contributed by atoms with Crippen LogP contribution in [0.4, 0.5) is 0 Å². The van der Waals surface area contributed by atoms with Crippen molar-refractivity contribution in [3.05, 3.63) is 35.4 Å². The van der Waals surface area contributed by atoms with Crippen LogP contribution in [-0.4, -0.2) is 17.9 Å². The van der Waals surface area contributed by atoms with E-state index in [0.717, 1.165) is 37.7 Å². The average molecular weight is 316 g/mol. The Hall–Kier alpha value is -1.84. The molecule has 2 rings (SSSR count). The summed E-state index contributed by atoms with van der Waals surface area (Å²) in [6.07, 6.45) is 6.53. The van der Waals surface area contributed by atoms with Crippen molar-refractivity contribution in [1.29, 1.82) is 0 Å². The Labute approximate surface area is 139 Å². The van der Waals surface area contributed by atoms with E-state index in [1.165, 1.54) is 6.42 Å². The fraction of sp³-hybridized carbons (Fsp3) is 0.579. The molecule has 0 spiro atoms. The minimum Gasteiger partial charge on any atom is -0.352 e. The molecule has 1 aliphatic carbocycles. The van der Waals surface area contributed by atoms with Gasteiger partial charge < -0.3 is 10.6 Å². The molecule has 0 radical (unpaired) electrons. The summed E-state index contributed by atoms with van der Waals surface area (Å²) in [5.41, 5.74) is 1.68. The van der Waals surface area contributed by atoms with Gasteiger partial charge in [-0.3, -0.25) is 9.59 Å². The van der Waals surface area contributed by atoms with E-state index in [4.69, 9.17) is 0 Å². The van der Waals surface area contributed by atoms with Crippen molar-refractivity contribution < 1.29 is 9.59 Å². The predicted octanol–water partition coefficient (Wildman–Crippen LogP) is 3.41. The molecule has 1 aromatic rings. The summed E-state index contributed by atoms with van der Waals surface area (Å²) in [5, 5.41) is 5.97.